The molecule has 1 atom stereocenters. The second-order valence-electron chi connectivity index (χ2n) is 5.21. The van der Waals surface area contributed by atoms with Crippen molar-refractivity contribution in [3.8, 4) is 5.75 Å². The van der Waals surface area contributed by atoms with E-state index >= 15 is 0 Å². The molecule has 1 unspecified atom stereocenters. The Morgan fingerprint density at radius 3 is 2.70 bits per heavy atom. The molecule has 0 aliphatic carbocycles. The average molecular weight is 314 g/mol. The lowest BCUT2D eigenvalue weighted by molar-refractivity contribution is -0.121. The van der Waals surface area contributed by atoms with Crippen molar-refractivity contribution in [2.24, 2.45) is 0 Å². The molecule has 2 amide bonds. The van der Waals surface area contributed by atoms with Crippen LogP contribution in [0.4, 0.5) is 5.69 Å². The van der Waals surface area contributed by atoms with E-state index in [9.17, 15) is 9.59 Å². The van der Waals surface area contributed by atoms with Gasteiger partial charge >= 0.3 is 0 Å². The Labute approximate surface area is 134 Å². The lowest BCUT2D eigenvalue weighted by Crippen LogP contribution is -2.38. The Bertz CT molecular complexity index is 679. The molecule has 2 aromatic rings. The predicted molar refractivity (Wildman–Crippen MR) is 84.1 cm³/mol. The maximum atomic E-state index is 12.5. The number of nitrogens with one attached hydrogen (secondary N) is 1. The Balaban J connectivity index is 1.68. The van der Waals surface area contributed by atoms with Gasteiger partial charge in [0.2, 0.25) is 5.91 Å². The minimum atomic E-state index is -0.529. The highest BCUT2D eigenvalue weighted by Gasteiger charge is 2.39. The van der Waals surface area contributed by atoms with Gasteiger partial charge in [0, 0.05) is 0 Å². The highest BCUT2D eigenvalue weighted by molar-refractivity contribution is 6.22. The van der Waals surface area contributed by atoms with Gasteiger partial charge in [-0.25, -0.2) is 4.90 Å². The van der Waals surface area contributed by atoms with Crippen molar-refractivity contribution >= 4 is 17.5 Å². The number of rotatable bonds is 6. The van der Waals surface area contributed by atoms with E-state index in [1.54, 1.807) is 36.6 Å². The van der Waals surface area contributed by atoms with E-state index in [1.807, 2.05) is 13.0 Å². The molecule has 0 spiro atoms. The number of amides is 2. The molecule has 0 bridgehead atoms. The summed E-state index contributed by atoms with van der Waals surface area (Å²) in [6, 6.07) is 10.0. The fourth-order valence-corrected chi connectivity index (χ4v) is 2.56. The molecule has 120 valence electrons. The van der Waals surface area contributed by atoms with Crippen molar-refractivity contribution in [3.63, 3.8) is 0 Å². The van der Waals surface area contributed by atoms with Crippen molar-refractivity contribution in [1.82, 2.24) is 5.32 Å². The van der Waals surface area contributed by atoms with Crippen LogP contribution in [-0.4, -0.2) is 24.5 Å². The third-order valence-corrected chi connectivity index (χ3v) is 3.66. The molecule has 2 heterocycles. The molecule has 3 rings (SSSR count). The Kier molecular flexibility index (Phi) is 4.43. The van der Waals surface area contributed by atoms with Crippen molar-refractivity contribution in [1.29, 1.82) is 0 Å². The van der Waals surface area contributed by atoms with Crippen molar-refractivity contribution < 1.29 is 18.7 Å². The van der Waals surface area contributed by atoms with Crippen molar-refractivity contribution in [2.75, 3.05) is 11.5 Å². The maximum absolute atomic E-state index is 12.5. The molecule has 1 aliphatic rings. The molecule has 1 saturated heterocycles. The van der Waals surface area contributed by atoms with Crippen LogP contribution in [0.25, 0.3) is 0 Å². The number of hydrogen-bond donors (Lipinski definition) is 1. The lowest BCUT2D eigenvalue weighted by Gasteiger charge is -2.16. The molecule has 1 aliphatic heterocycles. The number of carbonyl (C=O) groups excluding carboxylic acids is 2. The molecule has 0 radical (unpaired) electrons. The fraction of sp³-hybridized carbons (Fsp3) is 0.294. The number of furan rings is 1. The first-order valence-electron chi connectivity index (χ1n) is 7.54. The number of hydrogen-bond acceptors (Lipinski definition) is 5. The molecule has 23 heavy (non-hydrogen) atoms. The molecule has 6 heteroatoms. The quantitative estimate of drug-likeness (QED) is 0.827. The largest absolute Gasteiger partial charge is 0.494 e. The summed E-state index contributed by atoms with van der Waals surface area (Å²) in [5, 5.41) is 3.07. The highest BCUT2D eigenvalue weighted by atomic mass is 16.5. The van der Waals surface area contributed by atoms with E-state index in [1.165, 1.54) is 4.90 Å². The molecule has 1 aromatic carbocycles. The van der Waals surface area contributed by atoms with Crippen molar-refractivity contribution in [3.05, 3.63) is 48.4 Å². The van der Waals surface area contributed by atoms with Gasteiger partial charge in [-0.2, -0.15) is 0 Å². The van der Waals surface area contributed by atoms with E-state index in [0.717, 1.165) is 5.76 Å². The first-order chi connectivity index (χ1) is 11.2. The molecular formula is C17H18N2O4. The Morgan fingerprint density at radius 2 is 2.04 bits per heavy atom. The van der Waals surface area contributed by atoms with Crippen LogP contribution in [0.3, 0.4) is 0 Å². The first kappa shape index (κ1) is 15.3. The highest BCUT2D eigenvalue weighted by Crippen LogP contribution is 2.25. The van der Waals surface area contributed by atoms with Crippen LogP contribution in [0.15, 0.2) is 47.1 Å². The molecule has 1 N–H and O–H groups in total. The molecular weight excluding hydrogens is 296 g/mol. The third-order valence-electron chi connectivity index (χ3n) is 3.66. The summed E-state index contributed by atoms with van der Waals surface area (Å²) in [4.78, 5) is 25.9. The van der Waals surface area contributed by atoms with Gasteiger partial charge in [-0.1, -0.05) is 0 Å². The van der Waals surface area contributed by atoms with E-state index in [-0.39, 0.29) is 18.2 Å². The molecule has 0 saturated carbocycles. The third kappa shape index (κ3) is 3.27. The SMILES string of the molecule is CCOc1ccc(N2C(=O)CC(NCc3ccco3)C2=O)cc1. The van der Waals surface area contributed by atoms with Crippen LogP contribution in [0.1, 0.15) is 19.1 Å². The second-order valence-corrected chi connectivity index (χ2v) is 5.21. The zero-order chi connectivity index (χ0) is 16.2. The minimum Gasteiger partial charge on any atom is -0.494 e. The summed E-state index contributed by atoms with van der Waals surface area (Å²) in [5.41, 5.74) is 0.561. The second kappa shape index (κ2) is 6.66. The summed E-state index contributed by atoms with van der Waals surface area (Å²) in [7, 11) is 0. The summed E-state index contributed by atoms with van der Waals surface area (Å²) in [6.07, 6.45) is 1.72. The molecule has 6 nitrogen and oxygen atoms in total. The lowest BCUT2D eigenvalue weighted by atomic mass is 10.2. The van der Waals surface area contributed by atoms with E-state index in [0.29, 0.717) is 24.6 Å². The van der Waals surface area contributed by atoms with Crippen LogP contribution in [0.5, 0.6) is 5.75 Å². The van der Waals surface area contributed by atoms with Gasteiger partial charge < -0.3 is 9.15 Å². The van der Waals surface area contributed by atoms with Gasteiger partial charge in [-0.3, -0.25) is 14.9 Å². The Hall–Kier alpha value is -2.60. The topological polar surface area (TPSA) is 71.8 Å². The fourth-order valence-electron chi connectivity index (χ4n) is 2.56. The smallest absolute Gasteiger partial charge is 0.251 e. The van der Waals surface area contributed by atoms with Gasteiger partial charge in [0.25, 0.3) is 5.91 Å². The van der Waals surface area contributed by atoms with Crippen LogP contribution in [0.2, 0.25) is 0 Å². The Morgan fingerprint density at radius 1 is 1.26 bits per heavy atom. The maximum Gasteiger partial charge on any atom is 0.251 e. The summed E-state index contributed by atoms with van der Waals surface area (Å²) in [6.45, 7) is 2.88. The van der Waals surface area contributed by atoms with Gasteiger partial charge in [0.05, 0.1) is 37.6 Å². The van der Waals surface area contributed by atoms with Crippen LogP contribution in [-0.2, 0) is 16.1 Å². The van der Waals surface area contributed by atoms with E-state index < -0.39 is 6.04 Å². The number of carbonyl (C=O) groups is 2. The summed E-state index contributed by atoms with van der Waals surface area (Å²) in [5.74, 6) is 0.981. The van der Waals surface area contributed by atoms with Gasteiger partial charge in [0.15, 0.2) is 0 Å². The number of imide groups is 1. The standard InChI is InChI=1S/C17H18N2O4/c1-2-22-13-7-5-12(6-8-13)19-16(20)10-15(17(19)21)18-11-14-4-3-9-23-14/h3-9,15,18H,2,10-11H2,1H3. The van der Waals surface area contributed by atoms with Crippen molar-refractivity contribution in [2.45, 2.75) is 25.9 Å². The normalized spacial score (nSPS) is 17.8. The van der Waals surface area contributed by atoms with Crippen LogP contribution < -0.4 is 15.0 Å². The van der Waals surface area contributed by atoms with Crippen LogP contribution >= 0.6 is 0 Å². The minimum absolute atomic E-state index is 0.146. The van der Waals surface area contributed by atoms with Gasteiger partial charge in [-0.15, -0.1) is 0 Å². The molecule has 1 aromatic heterocycles. The number of nitrogens with zero attached hydrogens (tertiary/aromatic N) is 1. The zero-order valence-electron chi connectivity index (χ0n) is 12.8. The van der Waals surface area contributed by atoms with Gasteiger partial charge in [0.1, 0.15) is 11.5 Å². The van der Waals surface area contributed by atoms with E-state index in [4.69, 9.17) is 9.15 Å². The number of benzene rings is 1. The van der Waals surface area contributed by atoms with Crippen LogP contribution in [0, 0.1) is 0 Å². The van der Waals surface area contributed by atoms with Gasteiger partial charge in [-0.05, 0) is 43.3 Å². The number of ether oxygens (including phenoxy) is 1. The number of anilines is 1. The summed E-state index contributed by atoms with van der Waals surface area (Å²) >= 11 is 0. The zero-order valence-corrected chi connectivity index (χ0v) is 12.8. The van der Waals surface area contributed by atoms with E-state index in [2.05, 4.69) is 5.32 Å². The monoisotopic (exact) mass is 314 g/mol. The first-order valence-corrected chi connectivity index (χ1v) is 7.54. The molecule has 1 fully saturated rings. The summed E-state index contributed by atoms with van der Waals surface area (Å²) < 4.78 is 10.6. The predicted octanol–water partition coefficient (Wildman–Crippen LogP) is 2.10. The average Bonchev–Trinajstić information content (AvgIpc) is 3.15.